The average Bonchev–Trinajstić information content (AvgIpc) is 2.77. The van der Waals surface area contributed by atoms with Crippen LogP contribution in [0.2, 0.25) is 0 Å². The minimum Gasteiger partial charge on any atom is -0.247 e. The Bertz CT molecular complexity index is 326. The number of carbonyl (C=O) groups excluding carboxylic acids is 1. The fourth-order valence-electron chi connectivity index (χ4n) is 0.732. The topological polar surface area (TPSA) is 78.5 Å². The normalized spacial score (nSPS) is 10.0. The van der Waals surface area contributed by atoms with Crippen LogP contribution in [-0.2, 0) is 0 Å². The van der Waals surface area contributed by atoms with E-state index in [-0.39, 0.29) is 6.03 Å². The maximum Gasteiger partial charge on any atom is 0.341 e. The number of carbonyl (C=O) groups is 1. The second-order valence-corrected chi connectivity index (χ2v) is 2.02. The molecule has 0 aromatic carbocycles. The molecule has 60 valence electrons. The van der Waals surface area contributed by atoms with Crippen molar-refractivity contribution < 1.29 is 4.79 Å². The van der Waals surface area contributed by atoms with Crippen molar-refractivity contribution in [2.75, 3.05) is 0 Å². The van der Waals surface area contributed by atoms with E-state index in [1.807, 2.05) is 0 Å². The van der Waals surface area contributed by atoms with E-state index in [9.17, 15) is 4.79 Å². The molecule has 0 saturated heterocycles. The number of nitrogens with zero attached hydrogens (tertiary/aromatic N) is 6. The Morgan fingerprint density at radius 2 is 1.17 bits per heavy atom. The van der Waals surface area contributed by atoms with Crippen molar-refractivity contribution in [1.82, 2.24) is 29.5 Å². The smallest absolute Gasteiger partial charge is 0.247 e. The van der Waals surface area contributed by atoms with Crippen molar-refractivity contribution in [1.29, 1.82) is 0 Å². The molecule has 0 aliphatic heterocycles. The van der Waals surface area contributed by atoms with E-state index in [0.29, 0.717) is 0 Å². The maximum absolute atomic E-state index is 11.3. The molecule has 7 heteroatoms. The summed E-state index contributed by atoms with van der Waals surface area (Å²) in [6.07, 6.45) is 5.23. The summed E-state index contributed by atoms with van der Waals surface area (Å²) in [5.41, 5.74) is 0. The van der Waals surface area contributed by atoms with Gasteiger partial charge in [0.2, 0.25) is 0 Å². The highest BCUT2D eigenvalue weighted by Crippen LogP contribution is 1.88. The lowest BCUT2D eigenvalue weighted by molar-refractivity contribution is 0.243. The Morgan fingerprint density at radius 3 is 1.50 bits per heavy atom. The third kappa shape index (κ3) is 0.965. The number of aromatic nitrogens is 6. The van der Waals surface area contributed by atoms with E-state index in [1.165, 1.54) is 34.4 Å². The lowest BCUT2D eigenvalue weighted by Gasteiger charge is -1.96. The van der Waals surface area contributed by atoms with Gasteiger partial charge >= 0.3 is 6.03 Å². The van der Waals surface area contributed by atoms with Crippen molar-refractivity contribution in [3.8, 4) is 0 Å². The summed E-state index contributed by atoms with van der Waals surface area (Å²) in [5, 5.41) is 14.0. The third-order valence-corrected chi connectivity index (χ3v) is 1.28. The minimum atomic E-state index is -0.315. The Labute approximate surface area is 66.7 Å². The Kier molecular flexibility index (Phi) is 1.40. The lowest BCUT2D eigenvalue weighted by atomic mass is 10.8. The molecule has 0 aliphatic carbocycles. The molecular weight excluding hydrogens is 160 g/mol. The molecule has 2 aromatic rings. The van der Waals surface area contributed by atoms with Crippen LogP contribution in [0.4, 0.5) is 4.79 Å². The van der Waals surface area contributed by atoms with Gasteiger partial charge in [-0.15, -0.1) is 20.4 Å². The fraction of sp³-hybridized carbons (Fsp3) is 0. The number of rotatable bonds is 0. The highest BCUT2D eigenvalue weighted by atomic mass is 16.2. The first-order valence-corrected chi connectivity index (χ1v) is 3.12. The summed E-state index contributed by atoms with van der Waals surface area (Å²) >= 11 is 0. The van der Waals surface area contributed by atoms with E-state index >= 15 is 0 Å². The highest BCUT2D eigenvalue weighted by molar-refractivity contribution is 5.78. The van der Waals surface area contributed by atoms with Gasteiger partial charge in [-0.1, -0.05) is 0 Å². The molecular formula is C5H4N6O. The molecule has 0 radical (unpaired) electrons. The molecule has 0 N–H and O–H groups in total. The molecule has 0 aliphatic rings. The predicted octanol–water partition coefficient (Wildman–Crippen LogP) is -0.614. The molecule has 2 rings (SSSR count). The largest absolute Gasteiger partial charge is 0.341 e. The van der Waals surface area contributed by atoms with E-state index in [0.717, 1.165) is 0 Å². The minimum absolute atomic E-state index is 0.315. The quantitative estimate of drug-likeness (QED) is 0.518. The molecule has 0 spiro atoms. The van der Waals surface area contributed by atoms with E-state index in [2.05, 4.69) is 20.4 Å². The van der Waals surface area contributed by atoms with Gasteiger partial charge in [0.15, 0.2) is 0 Å². The maximum atomic E-state index is 11.3. The second-order valence-electron chi connectivity index (χ2n) is 2.02. The predicted molar refractivity (Wildman–Crippen MR) is 36.2 cm³/mol. The third-order valence-electron chi connectivity index (χ3n) is 1.28. The van der Waals surface area contributed by atoms with Crippen LogP contribution >= 0.6 is 0 Å². The first-order valence-electron chi connectivity index (χ1n) is 3.12. The van der Waals surface area contributed by atoms with Crippen molar-refractivity contribution in [3.63, 3.8) is 0 Å². The zero-order valence-electron chi connectivity index (χ0n) is 5.90. The summed E-state index contributed by atoms with van der Waals surface area (Å²) in [5.74, 6) is 0. The van der Waals surface area contributed by atoms with Crippen LogP contribution in [0.5, 0.6) is 0 Å². The molecule has 2 aromatic heterocycles. The van der Waals surface area contributed by atoms with Crippen LogP contribution in [0.15, 0.2) is 25.3 Å². The van der Waals surface area contributed by atoms with Gasteiger partial charge in [0.1, 0.15) is 25.3 Å². The van der Waals surface area contributed by atoms with Crippen LogP contribution in [0, 0.1) is 0 Å². The molecule has 0 saturated carbocycles. The Balaban J connectivity index is 2.34. The average molecular weight is 164 g/mol. The number of hydrogen-bond donors (Lipinski definition) is 0. The van der Waals surface area contributed by atoms with Crippen LogP contribution in [0.1, 0.15) is 0 Å². The molecule has 0 fully saturated rings. The van der Waals surface area contributed by atoms with Crippen LogP contribution in [0.25, 0.3) is 0 Å². The van der Waals surface area contributed by atoms with Gasteiger partial charge in [0.25, 0.3) is 0 Å². The van der Waals surface area contributed by atoms with Gasteiger partial charge in [-0.25, -0.2) is 13.9 Å². The van der Waals surface area contributed by atoms with Gasteiger partial charge in [-0.2, -0.15) is 0 Å². The Hall–Kier alpha value is -2.05. The summed E-state index contributed by atoms with van der Waals surface area (Å²) in [4.78, 5) is 11.3. The van der Waals surface area contributed by atoms with Crippen molar-refractivity contribution in [3.05, 3.63) is 25.3 Å². The summed E-state index contributed by atoms with van der Waals surface area (Å²) in [6, 6.07) is -0.315. The van der Waals surface area contributed by atoms with Gasteiger partial charge in [-0.05, 0) is 0 Å². The van der Waals surface area contributed by atoms with Crippen LogP contribution in [0.3, 0.4) is 0 Å². The van der Waals surface area contributed by atoms with Gasteiger partial charge in [-0.3, -0.25) is 0 Å². The molecule has 0 unspecified atom stereocenters. The van der Waals surface area contributed by atoms with Crippen molar-refractivity contribution in [2.45, 2.75) is 0 Å². The molecule has 12 heavy (non-hydrogen) atoms. The SMILES string of the molecule is O=C(n1cnnc1)n1cnnc1. The zero-order valence-corrected chi connectivity index (χ0v) is 5.90. The number of hydrogen-bond acceptors (Lipinski definition) is 5. The standard InChI is InChI=1S/C5H4N6O/c12-5(10-1-6-7-2-10)11-3-8-9-4-11/h1-4H. The van der Waals surface area contributed by atoms with Gasteiger partial charge < -0.3 is 0 Å². The summed E-state index contributed by atoms with van der Waals surface area (Å²) < 4.78 is 2.45. The lowest BCUT2D eigenvalue weighted by Crippen LogP contribution is -2.15. The highest BCUT2D eigenvalue weighted by Gasteiger charge is 2.05. The van der Waals surface area contributed by atoms with E-state index in [4.69, 9.17) is 0 Å². The first-order chi connectivity index (χ1) is 5.88. The van der Waals surface area contributed by atoms with Crippen molar-refractivity contribution in [2.24, 2.45) is 0 Å². The van der Waals surface area contributed by atoms with Gasteiger partial charge in [0.05, 0.1) is 0 Å². The molecule has 2 heterocycles. The van der Waals surface area contributed by atoms with Crippen molar-refractivity contribution >= 4 is 6.03 Å². The van der Waals surface area contributed by atoms with Crippen LogP contribution < -0.4 is 0 Å². The van der Waals surface area contributed by atoms with Gasteiger partial charge in [0, 0.05) is 0 Å². The monoisotopic (exact) mass is 164 g/mol. The Morgan fingerprint density at radius 1 is 0.833 bits per heavy atom. The van der Waals surface area contributed by atoms with Crippen LogP contribution in [-0.4, -0.2) is 35.6 Å². The summed E-state index contributed by atoms with van der Waals surface area (Å²) in [6.45, 7) is 0. The molecule has 0 atom stereocenters. The molecule has 7 nitrogen and oxygen atoms in total. The summed E-state index contributed by atoms with van der Waals surface area (Å²) in [7, 11) is 0. The van der Waals surface area contributed by atoms with E-state index in [1.54, 1.807) is 0 Å². The van der Waals surface area contributed by atoms with E-state index < -0.39 is 0 Å². The fourth-order valence-corrected chi connectivity index (χ4v) is 0.732. The first kappa shape index (κ1) is 6.65. The molecule has 0 bridgehead atoms. The zero-order chi connectivity index (χ0) is 8.39. The second kappa shape index (κ2) is 2.53. The molecule has 0 amide bonds.